The summed E-state index contributed by atoms with van der Waals surface area (Å²) < 4.78 is 0. The van der Waals surface area contributed by atoms with Crippen LogP contribution in [-0.4, -0.2) is 231 Å². The minimum absolute atomic E-state index is 0.0516. The van der Waals surface area contributed by atoms with Gasteiger partial charge in [0.25, 0.3) is 0 Å². The number of urea groups is 1. The third-order valence-electron chi connectivity index (χ3n) is 12.5. The molecule has 2 heterocycles. The van der Waals surface area contributed by atoms with Crippen LogP contribution < -0.4 is 21.3 Å². The SMILES string of the molecule is O=C(O)CC[C@H](NC(=O)N[C@@H](CCCCNC(=O)[C@H](Cc1ccc2ccccc2c1)NC(=O)C1CCN(C(=O)CN2CCN(CC(=O)O)CCN(CC(=O)O)CCN(CC(=O)O)CC2)CC1)C(=O)O)C(=O)O. The Morgan fingerprint density at radius 1 is 0.528 bits per heavy atom. The zero-order valence-electron chi connectivity index (χ0n) is 40.1. The highest BCUT2D eigenvalue weighted by Crippen LogP contribution is 2.20. The van der Waals surface area contributed by atoms with Gasteiger partial charge in [0, 0.05) is 90.8 Å². The van der Waals surface area contributed by atoms with E-state index in [-0.39, 0.29) is 136 Å². The molecule has 72 heavy (non-hydrogen) atoms. The molecule has 2 saturated heterocycles. The first-order chi connectivity index (χ1) is 34.3. The minimum atomic E-state index is -1.56. The van der Waals surface area contributed by atoms with Gasteiger partial charge in [-0.15, -0.1) is 0 Å². The fraction of sp³-hybridized carbons (Fsp3) is 0.574. The lowest BCUT2D eigenvalue weighted by molar-refractivity contribution is -0.141. The summed E-state index contributed by atoms with van der Waals surface area (Å²) in [6.45, 7) is 1.58. The predicted octanol–water partition coefficient (Wildman–Crippen LogP) is -1.06. The quantitative estimate of drug-likeness (QED) is 0.0530. The lowest BCUT2D eigenvalue weighted by atomic mass is 9.94. The van der Waals surface area contributed by atoms with Crippen LogP contribution in [0.4, 0.5) is 4.79 Å². The van der Waals surface area contributed by atoms with E-state index in [1.165, 1.54) is 0 Å². The Morgan fingerprint density at radius 2 is 1.01 bits per heavy atom. The topological polar surface area (TPSA) is 356 Å². The maximum Gasteiger partial charge on any atom is 0.326 e. The zero-order chi connectivity index (χ0) is 52.7. The number of benzene rings is 2. The molecule has 3 atom stereocenters. The normalized spacial score (nSPS) is 17.2. The molecule has 0 aromatic heterocycles. The zero-order valence-corrected chi connectivity index (χ0v) is 40.1. The van der Waals surface area contributed by atoms with Crippen molar-refractivity contribution in [3.8, 4) is 0 Å². The minimum Gasteiger partial charge on any atom is -0.481 e. The molecule has 0 saturated carbocycles. The number of carbonyl (C=O) groups is 10. The van der Waals surface area contributed by atoms with Gasteiger partial charge in [-0.3, -0.25) is 53.2 Å². The molecule has 0 aliphatic carbocycles. The molecule has 2 aromatic carbocycles. The molecule has 0 radical (unpaired) electrons. The Labute approximate surface area is 415 Å². The molecule has 0 bridgehead atoms. The highest BCUT2D eigenvalue weighted by atomic mass is 16.4. The number of aliphatic carboxylic acids is 6. The van der Waals surface area contributed by atoms with E-state index in [0.29, 0.717) is 12.8 Å². The summed E-state index contributed by atoms with van der Waals surface area (Å²) in [5.74, 6) is -9.00. The van der Waals surface area contributed by atoms with Gasteiger partial charge in [0.05, 0.1) is 26.2 Å². The van der Waals surface area contributed by atoms with Crippen LogP contribution in [0.2, 0.25) is 0 Å². The fourth-order valence-electron chi connectivity index (χ4n) is 8.52. The number of nitrogens with zero attached hydrogens (tertiary/aromatic N) is 5. The molecule has 2 aliphatic heterocycles. The number of fused-ring (bicyclic) bond motifs is 1. The summed E-state index contributed by atoms with van der Waals surface area (Å²) in [6, 6.07) is 8.24. The summed E-state index contributed by atoms with van der Waals surface area (Å²) in [7, 11) is 0. The molecule has 2 aromatic rings. The van der Waals surface area contributed by atoms with Crippen molar-refractivity contribution in [1.29, 1.82) is 0 Å². The van der Waals surface area contributed by atoms with E-state index in [1.807, 2.05) is 47.4 Å². The van der Waals surface area contributed by atoms with Crippen LogP contribution >= 0.6 is 0 Å². The molecular weight excluding hydrogens is 947 g/mol. The summed E-state index contributed by atoms with van der Waals surface area (Å²) >= 11 is 0. The second kappa shape index (κ2) is 29.4. The summed E-state index contributed by atoms with van der Waals surface area (Å²) in [4.78, 5) is 131. The van der Waals surface area contributed by atoms with Gasteiger partial charge in [0.1, 0.15) is 18.1 Å². The Kier molecular flexibility index (Phi) is 23.5. The second-order valence-electron chi connectivity index (χ2n) is 18.0. The Balaban J connectivity index is 1.35. The van der Waals surface area contributed by atoms with E-state index in [9.17, 15) is 73.5 Å². The molecular formula is C47H67N9O16. The summed E-state index contributed by atoms with van der Waals surface area (Å²) in [6.07, 6.45) is 0.155. The molecule has 2 fully saturated rings. The molecule has 0 spiro atoms. The first kappa shape index (κ1) is 57.6. The van der Waals surface area contributed by atoms with Gasteiger partial charge in [-0.1, -0.05) is 42.5 Å². The summed E-state index contributed by atoms with van der Waals surface area (Å²) in [5.41, 5.74) is 0.773. The maximum atomic E-state index is 13.9. The molecule has 10 N–H and O–H groups in total. The van der Waals surface area contributed by atoms with E-state index in [2.05, 4.69) is 21.3 Å². The number of likely N-dealkylation sites (tertiary alicyclic amines) is 1. The highest BCUT2D eigenvalue weighted by molar-refractivity contribution is 5.90. The van der Waals surface area contributed by atoms with Crippen molar-refractivity contribution in [1.82, 2.24) is 45.8 Å². The van der Waals surface area contributed by atoms with Crippen LogP contribution in [0, 0.1) is 5.92 Å². The lowest BCUT2D eigenvalue weighted by Crippen LogP contribution is -2.52. The van der Waals surface area contributed by atoms with E-state index in [1.54, 1.807) is 19.6 Å². The van der Waals surface area contributed by atoms with Crippen molar-refractivity contribution < 1.29 is 78.6 Å². The average Bonchev–Trinajstić information content (AvgIpc) is 3.32. The maximum absolute atomic E-state index is 13.9. The third-order valence-corrected chi connectivity index (χ3v) is 12.5. The van der Waals surface area contributed by atoms with Gasteiger partial charge in [-0.05, 0) is 54.9 Å². The Hall–Kier alpha value is -6.96. The standard InChI is InChI=1S/C47H67N9O16/c57-38(27-52-17-19-53(28-40(60)61)21-23-55(30-42(64)65)24-22-54(20-18-52)29-41(62)63)56-15-12-33(13-16-56)43(66)49-37(26-31-8-9-32-5-1-2-6-34(32)25-31)44(67)48-14-4-3-7-35(45(68)69)50-47(72)51-36(46(70)71)10-11-39(58)59/h1-2,5-6,8-9,25,33,35-37H,3-4,7,10-24,26-30H2,(H,48,67)(H,49,66)(H,58,59)(H,60,61)(H,62,63)(H,64,65)(H,68,69)(H,70,71)(H2,50,51,72)/t35-,36-,37-/m0/s1. The molecule has 396 valence electrons. The van der Waals surface area contributed by atoms with Gasteiger partial charge in [-0.25, -0.2) is 14.4 Å². The van der Waals surface area contributed by atoms with Crippen LogP contribution in [0.15, 0.2) is 42.5 Å². The van der Waals surface area contributed by atoms with Crippen molar-refractivity contribution in [3.63, 3.8) is 0 Å². The predicted molar refractivity (Wildman–Crippen MR) is 256 cm³/mol. The van der Waals surface area contributed by atoms with Gasteiger partial charge >= 0.3 is 41.8 Å². The number of rotatable bonds is 25. The van der Waals surface area contributed by atoms with E-state index < -0.39 is 84.6 Å². The second-order valence-corrected chi connectivity index (χ2v) is 18.0. The van der Waals surface area contributed by atoms with Crippen molar-refractivity contribution >= 4 is 70.3 Å². The van der Waals surface area contributed by atoms with Gasteiger partial charge < -0.3 is 56.8 Å². The highest BCUT2D eigenvalue weighted by Gasteiger charge is 2.32. The molecule has 25 heteroatoms. The first-order valence-corrected chi connectivity index (χ1v) is 23.9. The molecule has 5 amide bonds. The van der Waals surface area contributed by atoms with E-state index in [4.69, 9.17) is 5.11 Å². The van der Waals surface area contributed by atoms with Crippen molar-refractivity contribution in [2.45, 2.75) is 69.5 Å². The number of unbranched alkanes of at least 4 members (excludes halogenated alkanes) is 1. The molecule has 0 unspecified atom stereocenters. The molecule has 2 aliphatic rings. The van der Waals surface area contributed by atoms with Crippen LogP contribution in [0.25, 0.3) is 10.8 Å². The average molecular weight is 1010 g/mol. The number of carbonyl (C=O) groups excluding carboxylic acids is 4. The van der Waals surface area contributed by atoms with Crippen LogP contribution in [0.5, 0.6) is 0 Å². The number of hydrogen-bond donors (Lipinski definition) is 10. The molecule has 4 rings (SSSR count). The van der Waals surface area contributed by atoms with Crippen LogP contribution in [0.1, 0.15) is 50.5 Å². The monoisotopic (exact) mass is 1010 g/mol. The van der Waals surface area contributed by atoms with Crippen LogP contribution in [-0.2, 0) is 49.6 Å². The van der Waals surface area contributed by atoms with Crippen molar-refractivity contribution in [2.24, 2.45) is 5.92 Å². The number of amides is 5. The number of carboxylic acid groups (broad SMARTS) is 6. The number of hydrogen-bond acceptors (Lipinski definition) is 14. The Morgan fingerprint density at radius 3 is 1.50 bits per heavy atom. The van der Waals surface area contributed by atoms with Gasteiger partial charge in [0.15, 0.2) is 0 Å². The number of piperidine rings is 1. The summed E-state index contributed by atoms with van der Waals surface area (Å²) in [5, 5.41) is 68.3. The lowest BCUT2D eigenvalue weighted by Gasteiger charge is -2.35. The van der Waals surface area contributed by atoms with Crippen molar-refractivity contribution in [3.05, 3.63) is 48.0 Å². The van der Waals surface area contributed by atoms with E-state index in [0.717, 1.165) is 16.3 Å². The number of nitrogens with one attached hydrogen (secondary N) is 4. The fourth-order valence-corrected chi connectivity index (χ4v) is 8.52. The van der Waals surface area contributed by atoms with Crippen molar-refractivity contribution in [2.75, 3.05) is 98.2 Å². The first-order valence-electron chi connectivity index (χ1n) is 23.9. The van der Waals surface area contributed by atoms with E-state index >= 15 is 0 Å². The molecule has 25 nitrogen and oxygen atoms in total. The third kappa shape index (κ3) is 20.8. The smallest absolute Gasteiger partial charge is 0.326 e. The largest absolute Gasteiger partial charge is 0.481 e. The Bertz CT molecular complexity index is 2190. The number of carboxylic acids is 6. The van der Waals surface area contributed by atoms with Gasteiger partial charge in [0.2, 0.25) is 17.7 Å². The van der Waals surface area contributed by atoms with Crippen LogP contribution in [0.3, 0.4) is 0 Å². The van der Waals surface area contributed by atoms with Gasteiger partial charge in [-0.2, -0.15) is 0 Å².